The Morgan fingerprint density at radius 3 is 2.38 bits per heavy atom. The highest BCUT2D eigenvalue weighted by molar-refractivity contribution is 9.10. The van der Waals surface area contributed by atoms with Gasteiger partial charge in [-0.15, -0.1) is 0 Å². The fourth-order valence-corrected chi connectivity index (χ4v) is 1.76. The SMILES string of the molecule is COC(=O)C[C@H](O)c1cc(C)c(Br)c(C)c1. The van der Waals surface area contributed by atoms with Crippen molar-refractivity contribution >= 4 is 21.9 Å². The van der Waals surface area contributed by atoms with E-state index in [2.05, 4.69) is 20.7 Å². The van der Waals surface area contributed by atoms with Crippen molar-refractivity contribution < 1.29 is 14.6 Å². The number of ether oxygens (including phenoxy) is 1. The molecule has 0 saturated carbocycles. The summed E-state index contributed by atoms with van der Waals surface area (Å²) in [6.07, 6.45) is -0.824. The van der Waals surface area contributed by atoms with E-state index in [4.69, 9.17) is 0 Å². The molecule has 0 fully saturated rings. The Morgan fingerprint density at radius 2 is 1.94 bits per heavy atom. The van der Waals surface area contributed by atoms with E-state index in [1.54, 1.807) is 0 Å². The molecule has 1 rings (SSSR count). The zero-order valence-electron chi connectivity index (χ0n) is 9.58. The van der Waals surface area contributed by atoms with Crippen LogP contribution in [0.1, 0.15) is 29.2 Å². The summed E-state index contributed by atoms with van der Waals surface area (Å²) in [5.74, 6) is -0.411. The van der Waals surface area contributed by atoms with E-state index in [0.29, 0.717) is 0 Å². The first-order chi connectivity index (χ1) is 7.45. The summed E-state index contributed by atoms with van der Waals surface area (Å²) in [5, 5.41) is 9.85. The van der Waals surface area contributed by atoms with Gasteiger partial charge in [-0.25, -0.2) is 0 Å². The lowest BCUT2D eigenvalue weighted by atomic mass is 10.0. The highest BCUT2D eigenvalue weighted by atomic mass is 79.9. The minimum Gasteiger partial charge on any atom is -0.469 e. The quantitative estimate of drug-likeness (QED) is 0.869. The number of methoxy groups -OCH3 is 1. The minimum absolute atomic E-state index is 0.0169. The molecule has 1 aromatic rings. The third-order valence-electron chi connectivity index (χ3n) is 2.43. The van der Waals surface area contributed by atoms with Crippen LogP contribution in [0.3, 0.4) is 0 Å². The molecule has 1 aromatic carbocycles. The molecule has 0 unspecified atom stereocenters. The van der Waals surface area contributed by atoms with Crippen LogP contribution in [0.25, 0.3) is 0 Å². The maximum Gasteiger partial charge on any atom is 0.308 e. The molecule has 0 heterocycles. The second-order valence-electron chi connectivity index (χ2n) is 3.76. The molecule has 0 bridgehead atoms. The third kappa shape index (κ3) is 3.06. The number of benzene rings is 1. The molecule has 3 nitrogen and oxygen atoms in total. The first kappa shape index (κ1) is 13.2. The van der Waals surface area contributed by atoms with Gasteiger partial charge in [-0.3, -0.25) is 4.79 Å². The summed E-state index contributed by atoms with van der Waals surface area (Å²) in [6, 6.07) is 3.73. The van der Waals surface area contributed by atoms with Crippen molar-refractivity contribution in [1.29, 1.82) is 0 Å². The highest BCUT2D eigenvalue weighted by Gasteiger charge is 2.14. The van der Waals surface area contributed by atoms with E-state index in [1.165, 1.54) is 7.11 Å². The topological polar surface area (TPSA) is 46.5 Å². The average molecular weight is 287 g/mol. The monoisotopic (exact) mass is 286 g/mol. The lowest BCUT2D eigenvalue weighted by Crippen LogP contribution is -2.08. The van der Waals surface area contributed by atoms with Crippen LogP contribution in [0, 0.1) is 13.8 Å². The standard InChI is InChI=1S/C12H15BrO3/c1-7-4-9(5-8(2)12(7)13)10(14)6-11(15)16-3/h4-5,10,14H,6H2,1-3H3/t10-/m0/s1. The largest absolute Gasteiger partial charge is 0.469 e. The van der Waals surface area contributed by atoms with E-state index in [0.717, 1.165) is 21.2 Å². The number of esters is 1. The lowest BCUT2D eigenvalue weighted by molar-refractivity contribution is -0.142. The van der Waals surface area contributed by atoms with Gasteiger partial charge in [-0.05, 0) is 30.5 Å². The predicted molar refractivity (Wildman–Crippen MR) is 65.2 cm³/mol. The van der Waals surface area contributed by atoms with Crippen LogP contribution in [0.15, 0.2) is 16.6 Å². The summed E-state index contributed by atoms with van der Waals surface area (Å²) in [7, 11) is 1.31. The summed E-state index contributed by atoms with van der Waals surface area (Å²) in [4.78, 5) is 11.0. The Balaban J connectivity index is 2.92. The van der Waals surface area contributed by atoms with E-state index in [1.807, 2.05) is 26.0 Å². The van der Waals surface area contributed by atoms with Crippen molar-refractivity contribution in [2.24, 2.45) is 0 Å². The summed E-state index contributed by atoms with van der Waals surface area (Å²) in [5.41, 5.74) is 2.82. The van der Waals surface area contributed by atoms with Crippen LogP contribution >= 0.6 is 15.9 Å². The first-order valence-electron chi connectivity index (χ1n) is 4.97. The molecule has 1 N–H and O–H groups in total. The molecule has 0 aliphatic rings. The zero-order valence-corrected chi connectivity index (χ0v) is 11.2. The summed E-state index contributed by atoms with van der Waals surface area (Å²) >= 11 is 3.45. The Bertz CT molecular complexity index is 378. The molecule has 88 valence electrons. The van der Waals surface area contributed by atoms with E-state index in [-0.39, 0.29) is 6.42 Å². The molecular formula is C12H15BrO3. The fraction of sp³-hybridized carbons (Fsp3) is 0.417. The van der Waals surface area contributed by atoms with Crippen LogP contribution in [-0.2, 0) is 9.53 Å². The van der Waals surface area contributed by atoms with Gasteiger partial charge in [0.25, 0.3) is 0 Å². The molecule has 0 amide bonds. The molecular weight excluding hydrogens is 272 g/mol. The molecule has 0 aliphatic carbocycles. The predicted octanol–water partition coefficient (Wildman–Crippen LogP) is 2.66. The number of aliphatic hydroxyl groups is 1. The van der Waals surface area contributed by atoms with Gasteiger partial charge < -0.3 is 9.84 Å². The average Bonchev–Trinajstić information content (AvgIpc) is 2.24. The van der Waals surface area contributed by atoms with Crippen molar-refractivity contribution in [2.75, 3.05) is 7.11 Å². The van der Waals surface area contributed by atoms with Crippen LogP contribution < -0.4 is 0 Å². The van der Waals surface area contributed by atoms with Gasteiger partial charge in [0.15, 0.2) is 0 Å². The molecule has 16 heavy (non-hydrogen) atoms. The number of carbonyl (C=O) groups is 1. The summed E-state index contributed by atoms with van der Waals surface area (Å²) in [6.45, 7) is 3.90. The lowest BCUT2D eigenvalue weighted by Gasteiger charge is -2.13. The Morgan fingerprint density at radius 1 is 1.44 bits per heavy atom. The van der Waals surface area contributed by atoms with Gasteiger partial charge in [0.05, 0.1) is 19.6 Å². The van der Waals surface area contributed by atoms with E-state index < -0.39 is 12.1 Å². The summed E-state index contributed by atoms with van der Waals surface area (Å²) < 4.78 is 5.55. The molecule has 0 saturated heterocycles. The van der Waals surface area contributed by atoms with Crippen LogP contribution in [0.2, 0.25) is 0 Å². The molecule has 0 radical (unpaired) electrons. The molecule has 0 aromatic heterocycles. The highest BCUT2D eigenvalue weighted by Crippen LogP contribution is 2.26. The second kappa shape index (κ2) is 5.46. The number of halogens is 1. The molecule has 4 heteroatoms. The van der Waals surface area contributed by atoms with E-state index in [9.17, 15) is 9.90 Å². The van der Waals surface area contributed by atoms with Crippen molar-refractivity contribution in [2.45, 2.75) is 26.4 Å². The Hall–Kier alpha value is -0.870. The number of aryl methyl sites for hydroxylation is 2. The first-order valence-corrected chi connectivity index (χ1v) is 5.76. The van der Waals surface area contributed by atoms with Gasteiger partial charge in [0.1, 0.15) is 0 Å². The van der Waals surface area contributed by atoms with Crippen LogP contribution in [-0.4, -0.2) is 18.2 Å². The van der Waals surface area contributed by atoms with Gasteiger partial charge in [0.2, 0.25) is 0 Å². The third-order valence-corrected chi connectivity index (χ3v) is 3.68. The van der Waals surface area contributed by atoms with Gasteiger partial charge in [-0.2, -0.15) is 0 Å². The Labute approximate surface area is 104 Å². The number of hydrogen-bond donors (Lipinski definition) is 1. The number of hydrogen-bond acceptors (Lipinski definition) is 3. The van der Waals surface area contributed by atoms with Gasteiger partial charge in [-0.1, -0.05) is 28.1 Å². The molecule has 0 spiro atoms. The molecule has 1 atom stereocenters. The second-order valence-corrected chi connectivity index (χ2v) is 4.56. The number of aliphatic hydroxyl groups excluding tert-OH is 1. The smallest absolute Gasteiger partial charge is 0.308 e. The maximum atomic E-state index is 11.0. The number of carbonyl (C=O) groups excluding carboxylic acids is 1. The van der Waals surface area contributed by atoms with Gasteiger partial charge >= 0.3 is 5.97 Å². The van der Waals surface area contributed by atoms with Crippen molar-refractivity contribution in [3.05, 3.63) is 33.3 Å². The Kier molecular flexibility index (Phi) is 4.50. The molecule has 0 aliphatic heterocycles. The van der Waals surface area contributed by atoms with Crippen LogP contribution in [0.5, 0.6) is 0 Å². The van der Waals surface area contributed by atoms with E-state index >= 15 is 0 Å². The van der Waals surface area contributed by atoms with Crippen molar-refractivity contribution in [1.82, 2.24) is 0 Å². The van der Waals surface area contributed by atoms with Crippen molar-refractivity contribution in [3.8, 4) is 0 Å². The normalized spacial score (nSPS) is 12.3. The van der Waals surface area contributed by atoms with Crippen LogP contribution in [0.4, 0.5) is 0 Å². The maximum absolute atomic E-state index is 11.0. The number of rotatable bonds is 3. The fourth-order valence-electron chi connectivity index (χ4n) is 1.53. The van der Waals surface area contributed by atoms with Gasteiger partial charge in [0, 0.05) is 4.47 Å². The minimum atomic E-state index is -0.807. The van der Waals surface area contributed by atoms with Crippen molar-refractivity contribution in [3.63, 3.8) is 0 Å². The zero-order chi connectivity index (χ0) is 12.3.